The summed E-state index contributed by atoms with van der Waals surface area (Å²) in [7, 11) is 0. The van der Waals surface area contributed by atoms with Gasteiger partial charge in [0.25, 0.3) is 0 Å². The van der Waals surface area contributed by atoms with Crippen LogP contribution >= 0.6 is 11.6 Å². The minimum atomic E-state index is -0.448. The van der Waals surface area contributed by atoms with E-state index in [1.54, 1.807) is 0 Å². The second-order valence-corrected chi connectivity index (χ2v) is 3.01. The number of anilines is 1. The van der Waals surface area contributed by atoms with Crippen LogP contribution in [0.2, 0.25) is 5.02 Å². The van der Waals surface area contributed by atoms with Crippen molar-refractivity contribution < 1.29 is 4.39 Å². The van der Waals surface area contributed by atoms with Crippen molar-refractivity contribution in [1.29, 1.82) is 0 Å². The fraction of sp³-hybridized carbons (Fsp3) is 0.143. The van der Waals surface area contributed by atoms with Gasteiger partial charge in [0.2, 0.25) is 0 Å². The summed E-state index contributed by atoms with van der Waals surface area (Å²) in [4.78, 5) is 0. The molecule has 0 spiro atoms. The third kappa shape index (κ3) is 1.04. The molecule has 0 amide bonds. The van der Waals surface area contributed by atoms with E-state index in [2.05, 4.69) is 10.9 Å². The summed E-state index contributed by atoms with van der Waals surface area (Å²) < 4.78 is 12.9. The van der Waals surface area contributed by atoms with Crippen molar-refractivity contribution in [2.24, 2.45) is 5.73 Å². The molecular weight excluding hydrogens is 181 g/mol. The van der Waals surface area contributed by atoms with Crippen LogP contribution in [-0.2, 0) is 0 Å². The van der Waals surface area contributed by atoms with Crippen molar-refractivity contribution in [3.63, 3.8) is 0 Å². The average Bonchev–Trinajstić information content (AvgIpc) is 2.35. The molecule has 1 unspecified atom stereocenters. The van der Waals surface area contributed by atoms with E-state index in [1.807, 2.05) is 0 Å². The first-order valence-corrected chi connectivity index (χ1v) is 3.82. The average molecular weight is 188 g/mol. The SMILES string of the molecule is NC1NNc2cc(Cl)c(F)cc21. The molecule has 2 rings (SSSR count). The van der Waals surface area contributed by atoms with Gasteiger partial charge in [-0.05, 0) is 12.1 Å². The lowest BCUT2D eigenvalue weighted by atomic mass is 10.1. The topological polar surface area (TPSA) is 50.1 Å². The molecule has 5 heteroatoms. The van der Waals surface area contributed by atoms with Gasteiger partial charge in [-0.15, -0.1) is 0 Å². The maximum absolute atomic E-state index is 12.9. The molecule has 1 heterocycles. The Hall–Kier alpha value is -0.840. The molecule has 0 fully saturated rings. The second-order valence-electron chi connectivity index (χ2n) is 2.60. The van der Waals surface area contributed by atoms with Crippen LogP contribution in [0, 0.1) is 5.82 Å². The Labute approximate surface area is 73.7 Å². The number of hydrazine groups is 1. The van der Waals surface area contributed by atoms with Gasteiger partial charge < -0.3 is 11.2 Å². The van der Waals surface area contributed by atoms with Gasteiger partial charge in [0, 0.05) is 5.56 Å². The largest absolute Gasteiger partial charge is 0.319 e. The third-order valence-electron chi connectivity index (χ3n) is 1.79. The van der Waals surface area contributed by atoms with Crippen LogP contribution in [0.1, 0.15) is 11.7 Å². The summed E-state index contributed by atoms with van der Waals surface area (Å²) in [5, 5.41) is 0.0946. The Morgan fingerprint density at radius 2 is 2.25 bits per heavy atom. The molecule has 0 saturated heterocycles. The monoisotopic (exact) mass is 187 g/mol. The number of rotatable bonds is 0. The number of fused-ring (bicyclic) bond motifs is 1. The van der Waals surface area contributed by atoms with Gasteiger partial charge in [-0.3, -0.25) is 0 Å². The van der Waals surface area contributed by atoms with Crippen LogP contribution in [-0.4, -0.2) is 0 Å². The fourth-order valence-electron chi connectivity index (χ4n) is 1.16. The molecule has 1 aromatic carbocycles. The van der Waals surface area contributed by atoms with Crippen LogP contribution < -0.4 is 16.6 Å². The maximum Gasteiger partial charge on any atom is 0.142 e. The van der Waals surface area contributed by atoms with Crippen molar-refractivity contribution in [2.75, 3.05) is 5.43 Å². The highest BCUT2D eigenvalue weighted by molar-refractivity contribution is 6.31. The van der Waals surface area contributed by atoms with Crippen LogP contribution in [0.25, 0.3) is 0 Å². The molecule has 12 heavy (non-hydrogen) atoms. The van der Waals surface area contributed by atoms with E-state index in [1.165, 1.54) is 12.1 Å². The van der Waals surface area contributed by atoms with Crippen LogP contribution in [0.15, 0.2) is 12.1 Å². The number of hydrogen-bond acceptors (Lipinski definition) is 3. The van der Waals surface area contributed by atoms with Crippen molar-refractivity contribution in [1.82, 2.24) is 5.43 Å². The highest BCUT2D eigenvalue weighted by atomic mass is 35.5. The molecule has 64 valence electrons. The summed E-state index contributed by atoms with van der Waals surface area (Å²) in [6.45, 7) is 0. The molecule has 0 radical (unpaired) electrons. The van der Waals surface area contributed by atoms with Gasteiger partial charge in [0.05, 0.1) is 10.7 Å². The molecule has 0 aromatic heterocycles. The quantitative estimate of drug-likeness (QED) is 0.575. The second kappa shape index (κ2) is 2.58. The van der Waals surface area contributed by atoms with Crippen LogP contribution in [0.5, 0.6) is 0 Å². The minimum Gasteiger partial charge on any atom is -0.319 e. The molecule has 1 aromatic rings. The van der Waals surface area contributed by atoms with E-state index in [0.29, 0.717) is 5.56 Å². The fourth-order valence-corrected chi connectivity index (χ4v) is 1.32. The van der Waals surface area contributed by atoms with Gasteiger partial charge in [-0.25, -0.2) is 9.82 Å². The summed E-state index contributed by atoms with van der Waals surface area (Å²) in [6, 6.07) is 2.83. The summed E-state index contributed by atoms with van der Waals surface area (Å²) in [5.74, 6) is -0.448. The first-order chi connectivity index (χ1) is 5.68. The molecule has 3 nitrogen and oxygen atoms in total. The normalized spacial score (nSPS) is 20.4. The van der Waals surface area contributed by atoms with E-state index in [-0.39, 0.29) is 11.2 Å². The predicted octanol–water partition coefficient (Wildman–Crippen LogP) is 1.37. The van der Waals surface area contributed by atoms with Gasteiger partial charge in [0.15, 0.2) is 0 Å². The van der Waals surface area contributed by atoms with E-state index >= 15 is 0 Å². The molecule has 1 aliphatic heterocycles. The van der Waals surface area contributed by atoms with Crippen LogP contribution in [0.4, 0.5) is 10.1 Å². The minimum absolute atomic E-state index is 0.0946. The van der Waals surface area contributed by atoms with E-state index in [4.69, 9.17) is 17.3 Å². The first kappa shape index (κ1) is 7.79. The summed E-state index contributed by atoms with van der Waals surface area (Å²) in [5.41, 5.74) is 12.5. The van der Waals surface area contributed by atoms with E-state index < -0.39 is 5.82 Å². The number of benzene rings is 1. The Morgan fingerprint density at radius 1 is 1.50 bits per heavy atom. The highest BCUT2D eigenvalue weighted by Gasteiger charge is 2.19. The third-order valence-corrected chi connectivity index (χ3v) is 2.08. The summed E-state index contributed by atoms with van der Waals surface area (Å²) >= 11 is 5.56. The molecule has 1 aliphatic rings. The Bertz CT molecular complexity index is 329. The Morgan fingerprint density at radius 3 is 3.00 bits per heavy atom. The van der Waals surface area contributed by atoms with Gasteiger partial charge in [-0.1, -0.05) is 11.6 Å². The van der Waals surface area contributed by atoms with E-state index in [0.717, 1.165) is 5.69 Å². The molecule has 0 saturated carbocycles. The van der Waals surface area contributed by atoms with E-state index in [9.17, 15) is 4.39 Å². The van der Waals surface area contributed by atoms with Gasteiger partial charge in [0.1, 0.15) is 12.0 Å². The Kier molecular flexibility index (Phi) is 1.68. The standard InChI is InChI=1S/C7H7ClFN3/c8-4-2-6-3(1-5(4)9)7(10)12-11-6/h1-2,7,11-12H,10H2. The van der Waals surface area contributed by atoms with Crippen molar-refractivity contribution in [3.8, 4) is 0 Å². The lowest BCUT2D eigenvalue weighted by Gasteiger charge is -2.02. The first-order valence-electron chi connectivity index (χ1n) is 3.44. The Balaban J connectivity index is 2.56. The smallest absolute Gasteiger partial charge is 0.142 e. The number of hydrogen-bond donors (Lipinski definition) is 3. The number of nitrogens with one attached hydrogen (secondary N) is 2. The molecule has 0 aliphatic carbocycles. The predicted molar refractivity (Wildman–Crippen MR) is 45.1 cm³/mol. The van der Waals surface area contributed by atoms with Crippen molar-refractivity contribution >= 4 is 17.3 Å². The number of nitrogens with two attached hydrogens (primary N) is 1. The maximum atomic E-state index is 12.9. The zero-order chi connectivity index (χ0) is 8.72. The van der Waals surface area contributed by atoms with Crippen LogP contribution in [0.3, 0.4) is 0 Å². The lowest BCUT2D eigenvalue weighted by Crippen LogP contribution is -2.25. The van der Waals surface area contributed by atoms with Gasteiger partial charge >= 0.3 is 0 Å². The van der Waals surface area contributed by atoms with Crippen molar-refractivity contribution in [3.05, 3.63) is 28.5 Å². The molecular formula is C7H7ClFN3. The number of halogens is 2. The zero-order valence-electron chi connectivity index (χ0n) is 6.07. The molecule has 4 N–H and O–H groups in total. The van der Waals surface area contributed by atoms with Crippen molar-refractivity contribution in [2.45, 2.75) is 6.17 Å². The highest BCUT2D eigenvalue weighted by Crippen LogP contribution is 2.29. The lowest BCUT2D eigenvalue weighted by molar-refractivity contribution is 0.615. The van der Waals surface area contributed by atoms with Gasteiger partial charge in [-0.2, -0.15) is 0 Å². The molecule has 1 atom stereocenters. The molecule has 0 bridgehead atoms. The summed E-state index contributed by atoms with van der Waals surface area (Å²) in [6.07, 6.45) is -0.369. The zero-order valence-corrected chi connectivity index (χ0v) is 6.82.